The fraction of sp³-hybridized carbons (Fsp3) is 0.438. The molecule has 1 N–H and O–H groups in total. The van der Waals surface area contributed by atoms with Gasteiger partial charge >= 0.3 is 0 Å². The van der Waals surface area contributed by atoms with Crippen molar-refractivity contribution in [2.75, 3.05) is 6.54 Å². The van der Waals surface area contributed by atoms with Crippen LogP contribution in [0.15, 0.2) is 17.2 Å². The fourth-order valence-electron chi connectivity index (χ4n) is 2.72. The van der Waals surface area contributed by atoms with Gasteiger partial charge in [0.05, 0.1) is 21.3 Å². The zero-order valence-electron chi connectivity index (χ0n) is 13.1. The summed E-state index contributed by atoms with van der Waals surface area (Å²) >= 11 is 12.4. The first-order valence-corrected chi connectivity index (χ1v) is 8.33. The molecule has 0 bridgehead atoms. The third-order valence-electron chi connectivity index (χ3n) is 4.05. The third-order valence-corrected chi connectivity index (χ3v) is 4.70. The van der Waals surface area contributed by atoms with E-state index >= 15 is 0 Å². The van der Waals surface area contributed by atoms with Crippen molar-refractivity contribution >= 4 is 23.2 Å². The Morgan fingerprint density at radius 2 is 2.00 bits per heavy atom. The standard InChI is InChI=1S/C16H18Cl2N4O/c1-9(2)15-20-14-3-4-22(8-11(14)16(23)21-15)7-10-12(17)5-19-6-13(10)18/h5-6,9H,3-4,7-8H2,1-2H3,(H,20,21,23). The van der Waals surface area contributed by atoms with Crippen LogP contribution in [0, 0.1) is 0 Å². The predicted octanol–water partition coefficient (Wildman–Crippen LogP) is 3.15. The number of aromatic nitrogens is 3. The van der Waals surface area contributed by atoms with Crippen molar-refractivity contribution in [2.24, 2.45) is 0 Å². The summed E-state index contributed by atoms with van der Waals surface area (Å²) in [5.74, 6) is 0.961. The van der Waals surface area contributed by atoms with Crippen LogP contribution in [-0.4, -0.2) is 26.4 Å². The quantitative estimate of drug-likeness (QED) is 0.921. The molecule has 0 saturated carbocycles. The molecule has 23 heavy (non-hydrogen) atoms. The van der Waals surface area contributed by atoms with Gasteiger partial charge in [-0.2, -0.15) is 0 Å². The minimum atomic E-state index is -0.0460. The number of fused-ring (bicyclic) bond motifs is 1. The molecule has 0 unspecified atom stereocenters. The van der Waals surface area contributed by atoms with E-state index in [1.807, 2.05) is 13.8 Å². The van der Waals surface area contributed by atoms with E-state index in [-0.39, 0.29) is 11.5 Å². The van der Waals surface area contributed by atoms with Crippen molar-refractivity contribution in [3.63, 3.8) is 0 Å². The molecule has 0 aromatic carbocycles. The van der Waals surface area contributed by atoms with Crippen molar-refractivity contribution < 1.29 is 0 Å². The number of H-pyrrole nitrogens is 1. The van der Waals surface area contributed by atoms with E-state index in [1.54, 1.807) is 12.4 Å². The minimum Gasteiger partial charge on any atom is -0.310 e. The topological polar surface area (TPSA) is 61.9 Å². The average molecular weight is 353 g/mol. The molecule has 122 valence electrons. The summed E-state index contributed by atoms with van der Waals surface area (Å²) in [6, 6.07) is 0. The summed E-state index contributed by atoms with van der Waals surface area (Å²) in [5, 5.41) is 1.09. The highest BCUT2D eigenvalue weighted by molar-refractivity contribution is 6.35. The van der Waals surface area contributed by atoms with E-state index in [9.17, 15) is 4.79 Å². The van der Waals surface area contributed by atoms with Gasteiger partial charge < -0.3 is 4.98 Å². The Labute approximate surface area is 144 Å². The van der Waals surface area contributed by atoms with Gasteiger partial charge in [-0.05, 0) is 0 Å². The van der Waals surface area contributed by atoms with Crippen molar-refractivity contribution in [2.45, 2.75) is 39.3 Å². The monoisotopic (exact) mass is 352 g/mol. The van der Waals surface area contributed by atoms with E-state index in [1.165, 1.54) is 0 Å². The van der Waals surface area contributed by atoms with Crippen molar-refractivity contribution in [1.82, 2.24) is 19.9 Å². The number of pyridine rings is 1. The average Bonchev–Trinajstić information content (AvgIpc) is 2.51. The maximum absolute atomic E-state index is 12.3. The zero-order valence-corrected chi connectivity index (χ0v) is 14.6. The lowest BCUT2D eigenvalue weighted by atomic mass is 10.1. The molecule has 0 amide bonds. The lowest BCUT2D eigenvalue weighted by Gasteiger charge is -2.28. The maximum atomic E-state index is 12.3. The summed E-state index contributed by atoms with van der Waals surface area (Å²) in [4.78, 5) is 25.9. The zero-order chi connectivity index (χ0) is 16.6. The molecule has 3 rings (SSSR count). The van der Waals surface area contributed by atoms with Crippen LogP contribution < -0.4 is 5.56 Å². The Morgan fingerprint density at radius 3 is 2.65 bits per heavy atom. The first kappa shape index (κ1) is 16.4. The van der Waals surface area contributed by atoms with E-state index in [4.69, 9.17) is 23.2 Å². The van der Waals surface area contributed by atoms with Gasteiger partial charge in [0.25, 0.3) is 5.56 Å². The molecule has 0 atom stereocenters. The summed E-state index contributed by atoms with van der Waals surface area (Å²) in [5.41, 5.74) is 2.44. The van der Waals surface area contributed by atoms with Crippen LogP contribution >= 0.6 is 23.2 Å². The third kappa shape index (κ3) is 3.42. The van der Waals surface area contributed by atoms with Gasteiger partial charge in [-0.25, -0.2) is 4.98 Å². The van der Waals surface area contributed by atoms with Gasteiger partial charge in [-0.1, -0.05) is 37.0 Å². The van der Waals surface area contributed by atoms with Crippen LogP contribution in [0.1, 0.15) is 42.4 Å². The molecule has 2 aromatic rings. The Morgan fingerprint density at radius 1 is 1.30 bits per heavy atom. The molecule has 0 aliphatic carbocycles. The molecule has 1 aliphatic heterocycles. The highest BCUT2D eigenvalue weighted by atomic mass is 35.5. The van der Waals surface area contributed by atoms with Gasteiger partial charge in [-0.15, -0.1) is 0 Å². The molecular formula is C16H18Cl2N4O. The SMILES string of the molecule is CC(C)c1nc2c(c(=O)[nH]1)CN(Cc1c(Cl)cncc1Cl)CC2. The Hall–Kier alpha value is -1.43. The van der Waals surface area contributed by atoms with Crippen molar-refractivity contribution in [3.05, 3.63) is 55.4 Å². The Balaban J connectivity index is 1.85. The second kappa shape index (κ2) is 6.59. The summed E-state index contributed by atoms with van der Waals surface area (Å²) in [6.07, 6.45) is 3.92. The molecule has 5 nitrogen and oxygen atoms in total. The summed E-state index contributed by atoms with van der Waals surface area (Å²) < 4.78 is 0. The number of aromatic amines is 1. The number of halogens is 2. The van der Waals surface area contributed by atoms with Crippen LogP contribution in [0.25, 0.3) is 0 Å². The summed E-state index contributed by atoms with van der Waals surface area (Å²) in [6.45, 7) is 5.99. The first-order chi connectivity index (χ1) is 11.0. The van der Waals surface area contributed by atoms with Gasteiger partial charge in [0.1, 0.15) is 5.82 Å². The first-order valence-electron chi connectivity index (χ1n) is 7.58. The van der Waals surface area contributed by atoms with Crippen LogP contribution in [0.5, 0.6) is 0 Å². The Kier molecular flexibility index (Phi) is 4.71. The lowest BCUT2D eigenvalue weighted by molar-refractivity contribution is 0.241. The van der Waals surface area contributed by atoms with Gasteiger partial charge in [-0.3, -0.25) is 14.7 Å². The molecule has 7 heteroatoms. The molecule has 0 saturated heterocycles. The molecule has 0 spiro atoms. The van der Waals surface area contributed by atoms with Gasteiger partial charge in [0.15, 0.2) is 0 Å². The maximum Gasteiger partial charge on any atom is 0.255 e. The highest BCUT2D eigenvalue weighted by Gasteiger charge is 2.23. The second-order valence-electron chi connectivity index (χ2n) is 6.07. The van der Waals surface area contributed by atoms with E-state index < -0.39 is 0 Å². The lowest BCUT2D eigenvalue weighted by Crippen LogP contribution is -2.36. The highest BCUT2D eigenvalue weighted by Crippen LogP contribution is 2.26. The molecule has 0 radical (unpaired) electrons. The van der Waals surface area contributed by atoms with Crippen LogP contribution in [0.4, 0.5) is 0 Å². The predicted molar refractivity (Wildman–Crippen MR) is 91.0 cm³/mol. The van der Waals surface area contributed by atoms with Crippen LogP contribution in [-0.2, 0) is 19.5 Å². The molecule has 3 heterocycles. The number of nitrogens with one attached hydrogen (secondary N) is 1. The molecule has 0 fully saturated rings. The minimum absolute atomic E-state index is 0.0460. The van der Waals surface area contributed by atoms with Crippen LogP contribution in [0.3, 0.4) is 0 Å². The summed E-state index contributed by atoms with van der Waals surface area (Å²) in [7, 11) is 0. The number of hydrogen-bond acceptors (Lipinski definition) is 4. The van der Waals surface area contributed by atoms with Crippen molar-refractivity contribution in [3.8, 4) is 0 Å². The molecule has 1 aliphatic rings. The van der Waals surface area contributed by atoms with Gasteiger partial charge in [0.2, 0.25) is 0 Å². The fourth-order valence-corrected chi connectivity index (χ4v) is 3.21. The molecular weight excluding hydrogens is 335 g/mol. The smallest absolute Gasteiger partial charge is 0.255 e. The second-order valence-corrected chi connectivity index (χ2v) is 6.89. The number of hydrogen-bond donors (Lipinski definition) is 1. The molecule has 2 aromatic heterocycles. The van der Waals surface area contributed by atoms with E-state index in [2.05, 4.69) is 19.9 Å². The van der Waals surface area contributed by atoms with Crippen LogP contribution in [0.2, 0.25) is 10.0 Å². The Bertz CT molecular complexity index is 768. The van der Waals surface area contributed by atoms with Crippen molar-refractivity contribution in [1.29, 1.82) is 0 Å². The number of nitrogens with zero attached hydrogens (tertiary/aromatic N) is 3. The van der Waals surface area contributed by atoms with E-state index in [0.29, 0.717) is 23.1 Å². The normalized spacial score (nSPS) is 15.0. The van der Waals surface area contributed by atoms with E-state index in [0.717, 1.165) is 35.6 Å². The number of rotatable bonds is 3. The van der Waals surface area contributed by atoms with Gasteiger partial charge in [0, 0.05) is 49.9 Å². The largest absolute Gasteiger partial charge is 0.310 e.